The first-order chi connectivity index (χ1) is 16.7. The molecule has 2 aromatic rings. The third-order valence-electron chi connectivity index (χ3n) is 6.08. The number of hydrogen-bond acceptors (Lipinski definition) is 11. The number of anilines is 1. The van der Waals surface area contributed by atoms with Crippen LogP contribution in [0.15, 0.2) is 18.5 Å². The van der Waals surface area contributed by atoms with Gasteiger partial charge in [-0.2, -0.15) is 5.10 Å². The number of carbonyl (C=O) groups is 3. The molecule has 0 aromatic carbocycles. The highest BCUT2D eigenvalue weighted by atomic mass is 16.7. The van der Waals surface area contributed by atoms with Crippen molar-refractivity contribution in [1.29, 1.82) is 0 Å². The summed E-state index contributed by atoms with van der Waals surface area (Å²) in [7, 11) is 0. The zero-order valence-corrected chi connectivity index (χ0v) is 20.0. The van der Waals surface area contributed by atoms with Gasteiger partial charge in [-0.1, -0.05) is 6.42 Å². The van der Waals surface area contributed by atoms with Gasteiger partial charge in [-0.3, -0.25) is 9.59 Å². The van der Waals surface area contributed by atoms with E-state index in [2.05, 4.69) is 10.1 Å². The number of nitrogen functional groups attached to an aromatic ring is 1. The van der Waals surface area contributed by atoms with E-state index in [0.29, 0.717) is 30.5 Å². The fraction of sp³-hybridized carbons (Fsp3) is 0.609. The quantitative estimate of drug-likeness (QED) is 0.496. The van der Waals surface area contributed by atoms with Gasteiger partial charge in [-0.05, 0) is 45.7 Å². The summed E-state index contributed by atoms with van der Waals surface area (Å²) in [6.07, 6.45) is -0.724. The van der Waals surface area contributed by atoms with Crippen LogP contribution in [0.2, 0.25) is 0 Å². The lowest BCUT2D eigenvalue weighted by molar-refractivity contribution is -0.170. The third-order valence-corrected chi connectivity index (χ3v) is 6.08. The molecule has 4 heterocycles. The molecule has 2 aliphatic heterocycles. The van der Waals surface area contributed by atoms with Crippen molar-refractivity contribution in [1.82, 2.24) is 14.6 Å². The van der Waals surface area contributed by atoms with Crippen molar-refractivity contribution in [2.24, 2.45) is 0 Å². The summed E-state index contributed by atoms with van der Waals surface area (Å²) < 4.78 is 29.8. The van der Waals surface area contributed by atoms with Crippen molar-refractivity contribution in [2.75, 3.05) is 12.3 Å². The number of esters is 2. The molecule has 0 unspecified atom stereocenters. The maximum Gasteiger partial charge on any atom is 0.508 e. The van der Waals surface area contributed by atoms with Crippen molar-refractivity contribution in [3.8, 4) is 0 Å². The van der Waals surface area contributed by atoms with Gasteiger partial charge >= 0.3 is 18.1 Å². The summed E-state index contributed by atoms with van der Waals surface area (Å²) in [5.74, 6) is -0.637. The third kappa shape index (κ3) is 5.16. The van der Waals surface area contributed by atoms with E-state index in [1.807, 2.05) is 0 Å². The second-order valence-electron chi connectivity index (χ2n) is 9.08. The van der Waals surface area contributed by atoms with Gasteiger partial charge in [0, 0.05) is 12.8 Å². The van der Waals surface area contributed by atoms with Gasteiger partial charge in [0.2, 0.25) is 0 Å². The summed E-state index contributed by atoms with van der Waals surface area (Å²) in [5, 5.41) is 4.28. The minimum atomic E-state index is -1.32. The number of nitrogens with two attached hydrogens (primary N) is 1. The Morgan fingerprint density at radius 1 is 1.20 bits per heavy atom. The van der Waals surface area contributed by atoms with E-state index in [1.54, 1.807) is 32.9 Å². The van der Waals surface area contributed by atoms with Crippen molar-refractivity contribution >= 4 is 29.4 Å². The maximum atomic E-state index is 12.7. The van der Waals surface area contributed by atoms with Crippen LogP contribution >= 0.6 is 0 Å². The molecular weight excluding hydrogens is 460 g/mol. The first-order valence-electron chi connectivity index (χ1n) is 11.7. The number of nitrogens with zero attached hydrogens (tertiary/aromatic N) is 3. The van der Waals surface area contributed by atoms with E-state index in [-0.39, 0.29) is 31.4 Å². The Labute approximate surface area is 202 Å². The molecule has 0 saturated carbocycles. The maximum absolute atomic E-state index is 12.7. The molecule has 12 nitrogen and oxygen atoms in total. The predicted molar refractivity (Wildman–Crippen MR) is 120 cm³/mol. The van der Waals surface area contributed by atoms with Crippen molar-refractivity contribution in [3.63, 3.8) is 0 Å². The molecule has 0 spiro atoms. The summed E-state index contributed by atoms with van der Waals surface area (Å²) in [4.78, 5) is 41.4. The van der Waals surface area contributed by atoms with Gasteiger partial charge in [-0.15, -0.1) is 0 Å². The van der Waals surface area contributed by atoms with Gasteiger partial charge in [-0.25, -0.2) is 14.3 Å². The van der Waals surface area contributed by atoms with Crippen molar-refractivity contribution in [2.45, 2.75) is 82.9 Å². The Morgan fingerprint density at radius 3 is 2.63 bits per heavy atom. The van der Waals surface area contributed by atoms with E-state index >= 15 is 0 Å². The number of aromatic nitrogens is 3. The SMILES string of the molecule is CC(C)OC(=O)OC[C@H]1O[C@@](C)(c2ccc3c(N)ncnn23)[C@@H]2OC(=O)CCCCCC(=O)O[C@@H]21. The van der Waals surface area contributed by atoms with Gasteiger partial charge in [0.1, 0.15) is 30.2 Å². The monoisotopic (exact) mass is 490 g/mol. The topological polar surface area (TPSA) is 154 Å². The number of carbonyl (C=O) groups excluding carboxylic acids is 3. The van der Waals surface area contributed by atoms with E-state index in [1.165, 1.54) is 10.8 Å². The van der Waals surface area contributed by atoms with Crippen LogP contribution < -0.4 is 5.73 Å². The van der Waals surface area contributed by atoms with Gasteiger partial charge in [0.15, 0.2) is 18.0 Å². The Balaban J connectivity index is 1.72. The van der Waals surface area contributed by atoms with Crippen molar-refractivity contribution < 1.29 is 38.1 Å². The predicted octanol–water partition coefficient (Wildman–Crippen LogP) is 2.27. The van der Waals surface area contributed by atoms with Crippen LogP contribution in [0.5, 0.6) is 0 Å². The molecule has 2 saturated heterocycles. The summed E-state index contributed by atoms with van der Waals surface area (Å²) >= 11 is 0. The molecule has 0 radical (unpaired) electrons. The molecule has 0 bridgehead atoms. The number of hydrogen-bond donors (Lipinski definition) is 1. The van der Waals surface area contributed by atoms with E-state index in [0.717, 1.165) is 0 Å². The molecule has 2 N–H and O–H groups in total. The molecule has 2 aromatic heterocycles. The Kier molecular flexibility index (Phi) is 7.10. The van der Waals surface area contributed by atoms with Crippen LogP contribution in [0, 0.1) is 0 Å². The molecule has 12 heteroatoms. The molecule has 35 heavy (non-hydrogen) atoms. The van der Waals surface area contributed by atoms with Crippen LogP contribution in [0.3, 0.4) is 0 Å². The van der Waals surface area contributed by atoms with Crippen LogP contribution in [0.1, 0.15) is 58.6 Å². The second-order valence-corrected chi connectivity index (χ2v) is 9.08. The molecule has 4 atom stereocenters. The van der Waals surface area contributed by atoms with E-state index < -0.39 is 42.0 Å². The Hall–Kier alpha value is -3.41. The lowest BCUT2D eigenvalue weighted by Gasteiger charge is -2.31. The Morgan fingerprint density at radius 2 is 1.91 bits per heavy atom. The summed E-state index contributed by atoms with van der Waals surface area (Å²) in [6.45, 7) is 4.81. The molecule has 0 amide bonds. The second kappa shape index (κ2) is 10.1. The first kappa shape index (κ1) is 24.7. The fourth-order valence-corrected chi connectivity index (χ4v) is 4.44. The van der Waals surface area contributed by atoms with Gasteiger partial charge in [0.05, 0.1) is 11.8 Å². The van der Waals surface area contributed by atoms with E-state index in [4.69, 9.17) is 29.4 Å². The zero-order valence-electron chi connectivity index (χ0n) is 20.0. The summed E-state index contributed by atoms with van der Waals surface area (Å²) in [6, 6.07) is 3.45. The largest absolute Gasteiger partial charge is 0.508 e. The van der Waals surface area contributed by atoms with Gasteiger partial charge in [0.25, 0.3) is 0 Å². The number of fused-ring (bicyclic) bond motifs is 2. The lowest BCUT2D eigenvalue weighted by atomic mass is 9.92. The average molecular weight is 491 g/mol. The molecule has 2 aliphatic rings. The lowest BCUT2D eigenvalue weighted by Crippen LogP contribution is -2.45. The average Bonchev–Trinajstić information content (AvgIpc) is 3.33. The molecule has 2 fully saturated rings. The minimum Gasteiger partial charge on any atom is -0.455 e. The van der Waals surface area contributed by atoms with Crippen LogP contribution in [-0.4, -0.2) is 63.7 Å². The highest BCUT2D eigenvalue weighted by Crippen LogP contribution is 2.44. The normalized spacial score (nSPS) is 27.6. The zero-order chi connectivity index (χ0) is 25.2. The molecule has 190 valence electrons. The van der Waals surface area contributed by atoms with Gasteiger partial charge < -0.3 is 29.4 Å². The first-order valence-corrected chi connectivity index (χ1v) is 11.7. The number of rotatable bonds is 4. The molecule has 0 aliphatic carbocycles. The minimum absolute atomic E-state index is 0.189. The van der Waals surface area contributed by atoms with Crippen LogP contribution in [-0.2, 0) is 38.9 Å². The van der Waals surface area contributed by atoms with Crippen LogP contribution in [0.25, 0.3) is 5.52 Å². The highest BCUT2D eigenvalue weighted by Gasteiger charge is 2.59. The summed E-state index contributed by atoms with van der Waals surface area (Å²) in [5.41, 5.74) is 5.71. The smallest absolute Gasteiger partial charge is 0.455 e. The van der Waals surface area contributed by atoms with Crippen molar-refractivity contribution in [3.05, 3.63) is 24.2 Å². The fourth-order valence-electron chi connectivity index (χ4n) is 4.44. The molecule has 4 rings (SSSR count). The standard InChI is InChI=1S/C23H30N4O8/c1-13(2)32-22(30)31-11-15-19-20(34-18(29)8-6-4-5-7-17(28)33-19)23(3,35-15)16-10-9-14-21(24)25-12-26-27(14)16/h9-10,12-13,15,19-20H,4-8,11H2,1-3H3,(H2,24,25,26)/t15-,19-,20-,23+/m1/s1. The Bertz CT molecular complexity index is 1100. The number of ether oxygens (including phenoxy) is 5. The highest BCUT2D eigenvalue weighted by molar-refractivity contribution is 5.71. The molecular formula is C23H30N4O8. The van der Waals surface area contributed by atoms with Crippen LogP contribution in [0.4, 0.5) is 10.6 Å². The van der Waals surface area contributed by atoms with E-state index in [9.17, 15) is 14.4 Å².